The summed E-state index contributed by atoms with van der Waals surface area (Å²) in [7, 11) is 1.74. The van der Waals surface area contributed by atoms with Gasteiger partial charge in [0.2, 0.25) is 12.2 Å². The molecule has 2 aliphatic heterocycles. The smallest absolute Gasteiger partial charge is 0.410 e. The summed E-state index contributed by atoms with van der Waals surface area (Å²) in [5.74, 6) is -0.417. The second kappa shape index (κ2) is 20.2. The molecule has 3 heterocycles. The van der Waals surface area contributed by atoms with Gasteiger partial charge in [-0.3, -0.25) is 15.1 Å². The molecular formula is C37H46BrN7O11. The highest BCUT2D eigenvalue weighted by Crippen LogP contribution is 2.32. The Bertz CT molecular complexity index is 1850. The molecule has 2 aromatic carbocycles. The summed E-state index contributed by atoms with van der Waals surface area (Å²) in [5.41, 5.74) is 3.12. The first-order valence-corrected chi connectivity index (χ1v) is 18.7. The number of aliphatic hydroxyl groups is 1. The van der Waals surface area contributed by atoms with E-state index in [2.05, 4.69) is 47.2 Å². The molecular weight excluding hydrogens is 798 g/mol. The molecule has 4 atom stereocenters. The van der Waals surface area contributed by atoms with E-state index in [1.165, 1.54) is 11.1 Å². The number of rotatable bonds is 15. The molecule has 0 aliphatic carbocycles. The number of ether oxygens (including phenoxy) is 5. The summed E-state index contributed by atoms with van der Waals surface area (Å²) >= 11 is 3.50. The third-order valence-electron chi connectivity index (χ3n) is 8.72. The minimum absolute atomic E-state index is 0.0554. The van der Waals surface area contributed by atoms with Crippen LogP contribution in [0.2, 0.25) is 0 Å². The van der Waals surface area contributed by atoms with Gasteiger partial charge in [-0.1, -0.05) is 22.0 Å². The summed E-state index contributed by atoms with van der Waals surface area (Å²) in [6, 6.07) is 7.97. The molecule has 2 aliphatic rings. The van der Waals surface area contributed by atoms with Crippen LogP contribution in [-0.4, -0.2) is 114 Å². The topological polar surface area (TPSA) is 232 Å². The SMILES string of the molecule is CNCCC(=O)NCc1cc(COC(=O)N2CCOC(COc3cc(C)c(Br)cc3NC(=O)Nc3cnc(C)cn3)C2)ccc1OC1CC(O)CC(C(=O)O)O1. The number of anilines is 2. The van der Waals surface area contributed by atoms with Crippen molar-refractivity contribution in [2.75, 3.05) is 50.5 Å². The van der Waals surface area contributed by atoms with Crippen LogP contribution in [0.4, 0.5) is 21.1 Å². The quantitative estimate of drug-likeness (QED) is 0.129. The zero-order chi connectivity index (χ0) is 40.2. The first kappa shape index (κ1) is 42.1. The van der Waals surface area contributed by atoms with E-state index in [4.69, 9.17) is 23.7 Å². The predicted octanol–water partition coefficient (Wildman–Crippen LogP) is 3.47. The fourth-order valence-electron chi connectivity index (χ4n) is 5.74. The van der Waals surface area contributed by atoms with Crippen molar-refractivity contribution in [1.82, 2.24) is 25.5 Å². The number of hydrogen-bond donors (Lipinski definition) is 6. The van der Waals surface area contributed by atoms with Crippen molar-refractivity contribution in [3.63, 3.8) is 0 Å². The third kappa shape index (κ3) is 12.5. The van der Waals surface area contributed by atoms with Gasteiger partial charge in [0, 0.05) is 48.9 Å². The number of carboxylic acids is 1. The van der Waals surface area contributed by atoms with Gasteiger partial charge in [0.25, 0.3) is 0 Å². The number of urea groups is 1. The molecule has 0 saturated carbocycles. The van der Waals surface area contributed by atoms with Gasteiger partial charge in [0.1, 0.15) is 30.8 Å². The van der Waals surface area contributed by atoms with Gasteiger partial charge in [0.15, 0.2) is 11.9 Å². The molecule has 0 bridgehead atoms. The van der Waals surface area contributed by atoms with Gasteiger partial charge >= 0.3 is 18.1 Å². The Morgan fingerprint density at radius 1 is 1.05 bits per heavy atom. The highest BCUT2D eigenvalue weighted by molar-refractivity contribution is 9.10. The predicted molar refractivity (Wildman–Crippen MR) is 204 cm³/mol. The number of hydrogen-bond acceptors (Lipinski definition) is 13. The number of nitrogens with zero attached hydrogens (tertiary/aromatic N) is 3. The van der Waals surface area contributed by atoms with E-state index in [0.717, 1.165) is 10.0 Å². The monoisotopic (exact) mass is 843 g/mol. The number of aliphatic hydroxyl groups excluding tert-OH is 1. The molecule has 2 saturated heterocycles. The number of carboxylic acid groups (broad SMARTS) is 1. The molecule has 0 radical (unpaired) electrons. The number of aryl methyl sites for hydroxylation is 2. The van der Waals surface area contributed by atoms with Crippen molar-refractivity contribution < 1.29 is 53.1 Å². The minimum atomic E-state index is -1.23. The maximum absolute atomic E-state index is 13.2. The van der Waals surface area contributed by atoms with Crippen molar-refractivity contribution in [2.45, 2.75) is 70.9 Å². The summed E-state index contributed by atoms with van der Waals surface area (Å²) in [6.07, 6.45) is -1.01. The second-order valence-electron chi connectivity index (χ2n) is 13.2. The lowest BCUT2D eigenvalue weighted by Gasteiger charge is -2.32. The van der Waals surface area contributed by atoms with Crippen molar-refractivity contribution in [3.05, 3.63) is 69.6 Å². The highest BCUT2D eigenvalue weighted by Gasteiger charge is 2.34. The number of aromatic nitrogens is 2. The van der Waals surface area contributed by atoms with Gasteiger partial charge < -0.3 is 54.7 Å². The number of halogens is 1. The molecule has 19 heteroatoms. The average Bonchev–Trinajstić information content (AvgIpc) is 3.17. The standard InChI is InChI=1S/C37H46BrN7O11/c1-21-10-30(28(14-27(21)38)43-36(50)44-32-17-40-22(2)15-41-32)53-20-26-18-45(8-9-52-26)37(51)54-19-23-4-5-29(24(11-23)16-42-33(47)6-7-39-3)55-34-13-25(46)12-31(56-34)35(48)49/h4-5,10-11,14-15,17,25-26,31,34,39,46H,6-9,12-13,16,18-20H2,1-3H3,(H,42,47)(H,48,49)(H2,41,43,44,50). The molecule has 5 rings (SSSR count). The first-order valence-electron chi connectivity index (χ1n) is 18.0. The van der Waals surface area contributed by atoms with Crippen molar-refractivity contribution >= 4 is 51.4 Å². The summed E-state index contributed by atoms with van der Waals surface area (Å²) in [5, 5.41) is 30.8. The fourth-order valence-corrected chi connectivity index (χ4v) is 6.08. The van der Waals surface area contributed by atoms with Crippen LogP contribution in [0, 0.1) is 13.8 Å². The maximum Gasteiger partial charge on any atom is 0.410 e. The highest BCUT2D eigenvalue weighted by atomic mass is 79.9. The number of aliphatic carboxylic acids is 1. The van der Waals surface area contributed by atoms with Crippen LogP contribution >= 0.6 is 15.9 Å². The summed E-state index contributed by atoms with van der Waals surface area (Å²) in [4.78, 5) is 59.7. The van der Waals surface area contributed by atoms with E-state index in [1.54, 1.807) is 50.5 Å². The first-order chi connectivity index (χ1) is 26.9. The molecule has 18 nitrogen and oxygen atoms in total. The minimum Gasteiger partial charge on any atom is -0.489 e. The molecule has 4 unspecified atom stereocenters. The molecule has 3 aromatic rings. The van der Waals surface area contributed by atoms with E-state index >= 15 is 0 Å². The van der Waals surface area contributed by atoms with Crippen LogP contribution < -0.4 is 30.7 Å². The van der Waals surface area contributed by atoms with Crippen molar-refractivity contribution in [2.24, 2.45) is 0 Å². The molecule has 302 valence electrons. The molecule has 6 N–H and O–H groups in total. The van der Waals surface area contributed by atoms with Gasteiger partial charge in [-0.15, -0.1) is 0 Å². The molecule has 56 heavy (non-hydrogen) atoms. The van der Waals surface area contributed by atoms with Crippen LogP contribution in [-0.2, 0) is 37.0 Å². The third-order valence-corrected chi connectivity index (χ3v) is 9.57. The zero-order valence-corrected chi connectivity index (χ0v) is 32.8. The Hall–Kier alpha value is -5.08. The maximum atomic E-state index is 13.2. The van der Waals surface area contributed by atoms with Gasteiger partial charge in [-0.25, -0.2) is 19.4 Å². The van der Waals surface area contributed by atoms with E-state index in [1.807, 2.05) is 6.92 Å². The lowest BCUT2D eigenvalue weighted by molar-refractivity contribution is -0.195. The van der Waals surface area contributed by atoms with Gasteiger partial charge in [-0.2, -0.15) is 0 Å². The number of nitrogens with one attached hydrogen (secondary N) is 4. The van der Waals surface area contributed by atoms with E-state index < -0.39 is 42.7 Å². The second-order valence-corrected chi connectivity index (χ2v) is 14.1. The van der Waals surface area contributed by atoms with Crippen LogP contribution in [0.5, 0.6) is 11.5 Å². The van der Waals surface area contributed by atoms with Crippen LogP contribution in [0.25, 0.3) is 0 Å². The van der Waals surface area contributed by atoms with Gasteiger partial charge in [0.05, 0.1) is 43.0 Å². The summed E-state index contributed by atoms with van der Waals surface area (Å²) < 4.78 is 29.9. The largest absolute Gasteiger partial charge is 0.489 e. The van der Waals surface area contributed by atoms with Gasteiger partial charge in [-0.05, 0) is 56.3 Å². The number of carbonyl (C=O) groups excluding carboxylic acids is 3. The molecule has 2 fully saturated rings. The van der Waals surface area contributed by atoms with Crippen LogP contribution in [0.15, 0.2) is 47.2 Å². The number of carbonyl (C=O) groups is 4. The molecule has 0 spiro atoms. The van der Waals surface area contributed by atoms with Crippen LogP contribution in [0.3, 0.4) is 0 Å². The Morgan fingerprint density at radius 2 is 1.88 bits per heavy atom. The van der Waals surface area contributed by atoms with E-state index in [-0.39, 0.29) is 63.9 Å². The number of benzene rings is 2. The lowest BCUT2D eigenvalue weighted by atomic mass is 10.1. The zero-order valence-electron chi connectivity index (χ0n) is 31.2. The normalized spacial score (nSPS) is 19.4. The molecule has 4 amide bonds. The van der Waals surface area contributed by atoms with Crippen molar-refractivity contribution in [1.29, 1.82) is 0 Å². The molecule has 1 aromatic heterocycles. The number of amides is 4. The lowest BCUT2D eigenvalue weighted by Crippen LogP contribution is -2.47. The Kier molecular flexibility index (Phi) is 15.2. The van der Waals surface area contributed by atoms with E-state index in [9.17, 15) is 29.4 Å². The Morgan fingerprint density at radius 3 is 2.62 bits per heavy atom. The Labute approximate surface area is 331 Å². The Balaban J connectivity index is 1.18. The average molecular weight is 845 g/mol. The number of morpholine rings is 1. The van der Waals surface area contributed by atoms with E-state index in [0.29, 0.717) is 47.1 Å². The van der Waals surface area contributed by atoms with Crippen LogP contribution in [0.1, 0.15) is 41.6 Å². The fraction of sp³-hybridized carbons (Fsp3) is 0.459. The summed E-state index contributed by atoms with van der Waals surface area (Å²) in [6.45, 7) is 4.94. The van der Waals surface area contributed by atoms with Crippen molar-refractivity contribution in [3.8, 4) is 11.5 Å².